The van der Waals surface area contributed by atoms with Gasteiger partial charge in [-0.25, -0.2) is 9.98 Å². The van der Waals surface area contributed by atoms with Crippen LogP contribution in [-0.2, 0) is 0 Å². The molecular formula is C47H29N3OS. The highest BCUT2D eigenvalue weighted by molar-refractivity contribution is 7.25. The summed E-state index contributed by atoms with van der Waals surface area (Å²) in [6.45, 7) is 0. The topological polar surface area (TPSA) is 49.9 Å². The molecule has 0 radical (unpaired) electrons. The van der Waals surface area contributed by atoms with Gasteiger partial charge in [-0.05, 0) is 69.1 Å². The van der Waals surface area contributed by atoms with Gasteiger partial charge in [0.05, 0.1) is 0 Å². The molecule has 244 valence electrons. The van der Waals surface area contributed by atoms with Crippen molar-refractivity contribution in [2.45, 2.75) is 6.17 Å². The van der Waals surface area contributed by atoms with Gasteiger partial charge < -0.3 is 9.73 Å². The van der Waals surface area contributed by atoms with E-state index in [2.05, 4.69) is 139 Å². The van der Waals surface area contributed by atoms with Gasteiger partial charge >= 0.3 is 0 Å². The fraction of sp³-hybridized carbons (Fsp3) is 0.0213. The predicted octanol–water partition coefficient (Wildman–Crippen LogP) is 12.4. The van der Waals surface area contributed by atoms with Gasteiger partial charge in [0.25, 0.3) is 0 Å². The number of nitrogens with one attached hydrogen (secondary N) is 1. The summed E-state index contributed by atoms with van der Waals surface area (Å²) in [6.07, 6.45) is -0.488. The number of furan rings is 1. The van der Waals surface area contributed by atoms with Crippen LogP contribution in [0.5, 0.6) is 0 Å². The summed E-state index contributed by atoms with van der Waals surface area (Å²) in [5.74, 6) is 1.58. The molecule has 8 aromatic carbocycles. The molecule has 0 fully saturated rings. The summed E-state index contributed by atoms with van der Waals surface area (Å²) < 4.78 is 9.09. The van der Waals surface area contributed by atoms with E-state index < -0.39 is 6.17 Å². The van der Waals surface area contributed by atoms with Gasteiger partial charge in [-0.15, -0.1) is 11.3 Å². The number of thiophene rings is 1. The number of amidine groups is 2. The van der Waals surface area contributed by atoms with Crippen LogP contribution in [0.3, 0.4) is 0 Å². The first-order chi connectivity index (χ1) is 25.7. The summed E-state index contributed by atoms with van der Waals surface area (Å²) in [5, 5.41) is 13.2. The van der Waals surface area contributed by atoms with Crippen molar-refractivity contribution in [2.24, 2.45) is 9.98 Å². The van der Waals surface area contributed by atoms with Gasteiger partial charge in [0.1, 0.15) is 22.8 Å². The Balaban J connectivity index is 1.08. The first-order valence-corrected chi connectivity index (χ1v) is 18.3. The van der Waals surface area contributed by atoms with E-state index >= 15 is 0 Å². The minimum Gasteiger partial charge on any atom is -0.456 e. The molecule has 4 nitrogen and oxygen atoms in total. The predicted molar refractivity (Wildman–Crippen MR) is 219 cm³/mol. The molecule has 3 heterocycles. The third-order valence-corrected chi connectivity index (χ3v) is 11.5. The average Bonchev–Trinajstić information content (AvgIpc) is 3.78. The highest BCUT2D eigenvalue weighted by Gasteiger charge is 2.24. The second kappa shape index (κ2) is 11.5. The maximum absolute atomic E-state index is 6.49. The molecule has 52 heavy (non-hydrogen) atoms. The van der Waals surface area contributed by atoms with E-state index in [-0.39, 0.29) is 0 Å². The van der Waals surface area contributed by atoms with Crippen molar-refractivity contribution >= 4 is 86.7 Å². The summed E-state index contributed by atoms with van der Waals surface area (Å²) in [7, 11) is 0. The van der Waals surface area contributed by atoms with Crippen LogP contribution in [0, 0.1) is 0 Å². The van der Waals surface area contributed by atoms with Crippen molar-refractivity contribution in [1.82, 2.24) is 5.32 Å². The van der Waals surface area contributed by atoms with Crippen LogP contribution in [0.4, 0.5) is 0 Å². The fourth-order valence-electron chi connectivity index (χ4n) is 7.78. The molecule has 2 aromatic heterocycles. The quantitative estimate of drug-likeness (QED) is 0.188. The third kappa shape index (κ3) is 4.67. The maximum atomic E-state index is 6.49. The fourth-order valence-corrected chi connectivity index (χ4v) is 8.93. The van der Waals surface area contributed by atoms with Crippen LogP contribution in [0.1, 0.15) is 22.9 Å². The molecule has 1 N–H and O–H groups in total. The zero-order valence-corrected chi connectivity index (χ0v) is 28.7. The summed E-state index contributed by atoms with van der Waals surface area (Å²) in [4.78, 5) is 10.6. The number of hydrogen-bond acceptors (Lipinski definition) is 5. The van der Waals surface area contributed by atoms with Crippen LogP contribution in [0.25, 0.3) is 74.8 Å². The molecule has 5 heteroatoms. The molecule has 0 saturated carbocycles. The van der Waals surface area contributed by atoms with E-state index in [1.807, 2.05) is 41.7 Å². The molecule has 0 spiro atoms. The van der Waals surface area contributed by atoms with Gasteiger partial charge in [0, 0.05) is 47.6 Å². The molecule has 1 aliphatic rings. The minimum absolute atomic E-state index is 0.488. The van der Waals surface area contributed by atoms with E-state index in [4.69, 9.17) is 14.4 Å². The van der Waals surface area contributed by atoms with Crippen molar-refractivity contribution < 1.29 is 4.42 Å². The molecule has 0 amide bonds. The molecule has 10 aromatic rings. The van der Waals surface area contributed by atoms with Crippen LogP contribution in [-0.4, -0.2) is 11.7 Å². The van der Waals surface area contributed by atoms with Gasteiger partial charge in [0.15, 0.2) is 6.17 Å². The Hall–Kier alpha value is -6.56. The summed E-state index contributed by atoms with van der Waals surface area (Å²) in [5.41, 5.74) is 7.04. The number of aliphatic imine (C=N–C) groups is 2. The monoisotopic (exact) mass is 683 g/mol. The minimum atomic E-state index is -0.488. The lowest BCUT2D eigenvalue weighted by Crippen LogP contribution is -2.36. The highest BCUT2D eigenvalue weighted by atomic mass is 32.1. The number of rotatable bonds is 4. The van der Waals surface area contributed by atoms with Crippen molar-refractivity contribution in [3.8, 4) is 11.1 Å². The zero-order valence-electron chi connectivity index (χ0n) is 27.9. The Bertz CT molecular complexity index is 3120. The number of hydrogen-bond donors (Lipinski definition) is 1. The molecule has 11 rings (SSSR count). The number of benzene rings is 8. The lowest BCUT2D eigenvalue weighted by Gasteiger charge is -2.23. The smallest absolute Gasteiger partial charge is 0.170 e. The van der Waals surface area contributed by atoms with Crippen molar-refractivity contribution in [1.29, 1.82) is 0 Å². The van der Waals surface area contributed by atoms with Crippen LogP contribution in [0.15, 0.2) is 178 Å². The molecular weight excluding hydrogens is 655 g/mol. The zero-order chi connectivity index (χ0) is 34.2. The van der Waals surface area contributed by atoms with Crippen LogP contribution in [0.2, 0.25) is 0 Å². The third-order valence-electron chi connectivity index (χ3n) is 10.3. The van der Waals surface area contributed by atoms with E-state index in [1.54, 1.807) is 0 Å². The first-order valence-electron chi connectivity index (χ1n) is 17.5. The highest BCUT2D eigenvalue weighted by Crippen LogP contribution is 2.41. The van der Waals surface area contributed by atoms with E-state index in [1.165, 1.54) is 47.3 Å². The Kier molecular flexibility index (Phi) is 6.45. The van der Waals surface area contributed by atoms with Gasteiger partial charge in [-0.2, -0.15) is 0 Å². The van der Waals surface area contributed by atoms with Gasteiger partial charge in [-0.1, -0.05) is 127 Å². The van der Waals surface area contributed by atoms with E-state index in [0.717, 1.165) is 55.9 Å². The van der Waals surface area contributed by atoms with Crippen molar-refractivity contribution in [3.63, 3.8) is 0 Å². The van der Waals surface area contributed by atoms with Gasteiger partial charge in [-0.3, -0.25) is 0 Å². The maximum Gasteiger partial charge on any atom is 0.170 e. The Morgan fingerprint density at radius 3 is 2.02 bits per heavy atom. The lowest BCUT2D eigenvalue weighted by molar-refractivity contribution is 0.667. The molecule has 1 aliphatic heterocycles. The number of fused-ring (bicyclic) bond motifs is 9. The molecule has 0 aliphatic carbocycles. The average molecular weight is 684 g/mol. The number of nitrogens with zero attached hydrogens (tertiary/aromatic N) is 2. The van der Waals surface area contributed by atoms with E-state index in [0.29, 0.717) is 0 Å². The normalized spacial score (nSPS) is 14.7. The van der Waals surface area contributed by atoms with E-state index in [9.17, 15) is 0 Å². The second-order valence-corrected chi connectivity index (χ2v) is 14.5. The molecule has 1 atom stereocenters. The van der Waals surface area contributed by atoms with Crippen LogP contribution < -0.4 is 5.32 Å². The SMILES string of the molecule is c1ccc(C2=NC(c3cccc4oc5ccc(-c6ccc7c(c6)sc6ccccc67)cc5c34)N=C(c3ccc4ccc5ccccc5c4c3)N2)cc1. The Morgan fingerprint density at radius 2 is 1.12 bits per heavy atom. The van der Waals surface area contributed by atoms with Gasteiger partial charge in [0.2, 0.25) is 0 Å². The summed E-state index contributed by atoms with van der Waals surface area (Å²) in [6, 6.07) is 58.0. The Labute approximate surface area is 303 Å². The Morgan fingerprint density at radius 1 is 0.442 bits per heavy atom. The summed E-state index contributed by atoms with van der Waals surface area (Å²) >= 11 is 1.84. The molecule has 0 saturated heterocycles. The van der Waals surface area contributed by atoms with Crippen LogP contribution >= 0.6 is 11.3 Å². The van der Waals surface area contributed by atoms with Crippen molar-refractivity contribution in [2.75, 3.05) is 0 Å². The molecule has 1 unspecified atom stereocenters. The lowest BCUT2D eigenvalue weighted by atomic mass is 9.98. The molecule has 0 bridgehead atoms. The second-order valence-electron chi connectivity index (χ2n) is 13.4. The largest absolute Gasteiger partial charge is 0.456 e. The standard InChI is InChI=1S/C47H29N3OS/c1-2-10-30(11-3-1)45-48-46(33-20-19-29-18-17-28-9-4-5-12-34(28)38(29)26-33)50-47(49-45)37-14-8-15-41-44(37)39-25-31(22-24-40(39)51-41)32-21-23-36-35-13-6-7-16-42(35)52-43(36)27-32/h1-27,47H,(H,48,49,50). The first kappa shape index (κ1) is 29.2. The van der Waals surface area contributed by atoms with Crippen molar-refractivity contribution in [3.05, 3.63) is 180 Å².